The van der Waals surface area contributed by atoms with Crippen LogP contribution >= 0.6 is 0 Å². The monoisotopic (exact) mass is 304 g/mol. The van der Waals surface area contributed by atoms with Gasteiger partial charge in [-0.15, -0.1) is 0 Å². The molecular formula is C18H28N2O2. The fraction of sp³-hybridized carbons (Fsp3) is 0.611. The third kappa shape index (κ3) is 4.55. The average Bonchev–Trinajstić information content (AvgIpc) is 2.95. The Kier molecular flexibility index (Phi) is 5.98. The molecule has 0 bridgehead atoms. The molecular weight excluding hydrogens is 276 g/mol. The molecule has 2 unspecified atom stereocenters. The summed E-state index contributed by atoms with van der Waals surface area (Å²) in [5.41, 5.74) is 8.17. The second-order valence-corrected chi connectivity index (χ2v) is 6.64. The SMILES string of the molecule is Cc1ccc(C(N)C(=O)N2CCC(OCCC(C)C)C2)cc1. The van der Waals surface area contributed by atoms with Crippen LogP contribution in [0.3, 0.4) is 0 Å². The Balaban J connectivity index is 1.84. The number of nitrogens with two attached hydrogens (primary N) is 1. The van der Waals surface area contributed by atoms with E-state index in [0.717, 1.165) is 31.6 Å². The first kappa shape index (κ1) is 17.0. The highest BCUT2D eigenvalue weighted by Crippen LogP contribution is 2.20. The molecule has 4 heteroatoms. The lowest BCUT2D eigenvalue weighted by atomic mass is 10.1. The molecule has 4 nitrogen and oxygen atoms in total. The minimum absolute atomic E-state index is 0.00110. The lowest BCUT2D eigenvalue weighted by molar-refractivity contribution is -0.132. The zero-order chi connectivity index (χ0) is 16.1. The first-order valence-electron chi connectivity index (χ1n) is 8.20. The quantitative estimate of drug-likeness (QED) is 0.879. The van der Waals surface area contributed by atoms with Gasteiger partial charge in [0.25, 0.3) is 0 Å². The molecule has 1 fully saturated rings. The molecule has 2 N–H and O–H groups in total. The van der Waals surface area contributed by atoms with Crippen molar-refractivity contribution in [2.75, 3.05) is 19.7 Å². The Morgan fingerprint density at radius 2 is 2.05 bits per heavy atom. The number of nitrogens with zero attached hydrogens (tertiary/aromatic N) is 1. The Labute approximate surface area is 133 Å². The minimum Gasteiger partial charge on any atom is -0.376 e. The van der Waals surface area contributed by atoms with Gasteiger partial charge in [-0.05, 0) is 31.2 Å². The second kappa shape index (κ2) is 7.75. The first-order chi connectivity index (χ1) is 10.5. The van der Waals surface area contributed by atoms with Gasteiger partial charge >= 0.3 is 0 Å². The molecule has 0 radical (unpaired) electrons. The third-order valence-corrected chi connectivity index (χ3v) is 4.21. The van der Waals surface area contributed by atoms with Crippen molar-refractivity contribution in [3.05, 3.63) is 35.4 Å². The van der Waals surface area contributed by atoms with Crippen LogP contribution in [0.2, 0.25) is 0 Å². The molecule has 0 spiro atoms. The van der Waals surface area contributed by atoms with E-state index in [-0.39, 0.29) is 12.0 Å². The highest BCUT2D eigenvalue weighted by Gasteiger charge is 2.30. The molecule has 0 saturated carbocycles. The number of carbonyl (C=O) groups is 1. The van der Waals surface area contributed by atoms with Gasteiger partial charge in [-0.2, -0.15) is 0 Å². The molecule has 0 aliphatic carbocycles. The Hall–Kier alpha value is -1.39. The van der Waals surface area contributed by atoms with Crippen LogP contribution in [-0.4, -0.2) is 36.6 Å². The predicted molar refractivity (Wildman–Crippen MR) is 88.5 cm³/mol. The number of aryl methyl sites for hydroxylation is 1. The Bertz CT molecular complexity index is 484. The Morgan fingerprint density at radius 1 is 1.36 bits per heavy atom. The maximum absolute atomic E-state index is 12.5. The van der Waals surface area contributed by atoms with Crippen molar-refractivity contribution in [2.24, 2.45) is 11.7 Å². The van der Waals surface area contributed by atoms with Gasteiger partial charge in [0.1, 0.15) is 6.04 Å². The van der Waals surface area contributed by atoms with Crippen molar-refractivity contribution in [2.45, 2.75) is 45.8 Å². The van der Waals surface area contributed by atoms with Crippen molar-refractivity contribution >= 4 is 5.91 Å². The first-order valence-corrected chi connectivity index (χ1v) is 8.20. The molecule has 1 aliphatic rings. The van der Waals surface area contributed by atoms with E-state index in [1.54, 1.807) is 0 Å². The molecule has 1 amide bonds. The maximum atomic E-state index is 12.5. The van der Waals surface area contributed by atoms with Gasteiger partial charge in [0, 0.05) is 19.7 Å². The molecule has 1 aromatic carbocycles. The topological polar surface area (TPSA) is 55.6 Å². The number of amides is 1. The summed E-state index contributed by atoms with van der Waals surface area (Å²) in [5, 5.41) is 0. The lowest BCUT2D eigenvalue weighted by Crippen LogP contribution is -2.37. The molecule has 1 saturated heterocycles. The summed E-state index contributed by atoms with van der Waals surface area (Å²) in [7, 11) is 0. The number of hydrogen-bond acceptors (Lipinski definition) is 3. The van der Waals surface area contributed by atoms with Gasteiger partial charge in [0.2, 0.25) is 5.91 Å². The van der Waals surface area contributed by atoms with Crippen LogP contribution in [0, 0.1) is 12.8 Å². The second-order valence-electron chi connectivity index (χ2n) is 6.64. The fourth-order valence-corrected chi connectivity index (χ4v) is 2.65. The predicted octanol–water partition coefficient (Wildman–Crippen LogP) is 2.66. The van der Waals surface area contributed by atoms with Crippen LogP contribution in [0.4, 0.5) is 0 Å². The molecule has 2 atom stereocenters. The van der Waals surface area contributed by atoms with Crippen molar-refractivity contribution < 1.29 is 9.53 Å². The summed E-state index contributed by atoms with van der Waals surface area (Å²) >= 11 is 0. The number of ether oxygens (including phenoxy) is 1. The highest BCUT2D eigenvalue weighted by molar-refractivity contribution is 5.83. The number of benzene rings is 1. The van der Waals surface area contributed by atoms with E-state index in [2.05, 4.69) is 13.8 Å². The summed E-state index contributed by atoms with van der Waals surface area (Å²) in [4.78, 5) is 14.3. The summed E-state index contributed by atoms with van der Waals surface area (Å²) in [6, 6.07) is 7.28. The van der Waals surface area contributed by atoms with E-state index in [9.17, 15) is 4.79 Å². The van der Waals surface area contributed by atoms with Crippen LogP contribution in [0.25, 0.3) is 0 Å². The van der Waals surface area contributed by atoms with Crippen molar-refractivity contribution in [1.29, 1.82) is 0 Å². The van der Waals surface area contributed by atoms with Crippen LogP contribution in [-0.2, 0) is 9.53 Å². The summed E-state index contributed by atoms with van der Waals surface area (Å²) in [6.07, 6.45) is 2.13. The van der Waals surface area contributed by atoms with Crippen LogP contribution in [0.15, 0.2) is 24.3 Å². The minimum atomic E-state index is -0.574. The average molecular weight is 304 g/mol. The van der Waals surface area contributed by atoms with E-state index >= 15 is 0 Å². The van der Waals surface area contributed by atoms with Gasteiger partial charge in [0.05, 0.1) is 6.10 Å². The number of carbonyl (C=O) groups excluding carboxylic acids is 1. The largest absolute Gasteiger partial charge is 0.376 e. The molecule has 0 aromatic heterocycles. The lowest BCUT2D eigenvalue weighted by Gasteiger charge is -2.21. The summed E-state index contributed by atoms with van der Waals surface area (Å²) < 4.78 is 5.86. The standard InChI is InChI=1S/C18H28N2O2/c1-13(2)9-11-22-16-8-10-20(12-16)18(21)17(19)15-6-4-14(3)5-7-15/h4-7,13,16-17H,8-12,19H2,1-3H3. The van der Waals surface area contributed by atoms with E-state index in [1.165, 1.54) is 5.56 Å². The van der Waals surface area contributed by atoms with Crippen LogP contribution < -0.4 is 5.73 Å². The van der Waals surface area contributed by atoms with Crippen LogP contribution in [0.5, 0.6) is 0 Å². The smallest absolute Gasteiger partial charge is 0.244 e. The van der Waals surface area contributed by atoms with E-state index in [0.29, 0.717) is 12.5 Å². The molecule has 1 heterocycles. The van der Waals surface area contributed by atoms with E-state index in [1.807, 2.05) is 36.1 Å². The molecule has 1 aromatic rings. The van der Waals surface area contributed by atoms with Gasteiger partial charge in [-0.1, -0.05) is 43.7 Å². The molecule has 22 heavy (non-hydrogen) atoms. The van der Waals surface area contributed by atoms with E-state index < -0.39 is 6.04 Å². The molecule has 1 aliphatic heterocycles. The van der Waals surface area contributed by atoms with Crippen molar-refractivity contribution in [1.82, 2.24) is 4.90 Å². The molecule has 122 valence electrons. The summed E-state index contributed by atoms with van der Waals surface area (Å²) in [6.45, 7) is 8.58. The Morgan fingerprint density at radius 3 is 2.68 bits per heavy atom. The summed E-state index contributed by atoms with van der Waals surface area (Å²) in [5.74, 6) is 0.646. The van der Waals surface area contributed by atoms with Gasteiger partial charge in [-0.3, -0.25) is 4.79 Å². The third-order valence-electron chi connectivity index (χ3n) is 4.21. The van der Waals surface area contributed by atoms with Gasteiger partial charge < -0.3 is 15.4 Å². The number of rotatable bonds is 6. The zero-order valence-electron chi connectivity index (χ0n) is 13.9. The van der Waals surface area contributed by atoms with Crippen molar-refractivity contribution in [3.63, 3.8) is 0 Å². The van der Waals surface area contributed by atoms with Crippen molar-refractivity contribution in [3.8, 4) is 0 Å². The van der Waals surface area contributed by atoms with Gasteiger partial charge in [-0.25, -0.2) is 0 Å². The highest BCUT2D eigenvalue weighted by atomic mass is 16.5. The van der Waals surface area contributed by atoms with Gasteiger partial charge in [0.15, 0.2) is 0 Å². The molecule has 2 rings (SSSR count). The normalized spacial score (nSPS) is 19.7. The number of likely N-dealkylation sites (tertiary alicyclic amines) is 1. The number of hydrogen-bond donors (Lipinski definition) is 1. The zero-order valence-corrected chi connectivity index (χ0v) is 13.9. The van der Waals surface area contributed by atoms with Crippen LogP contribution in [0.1, 0.15) is 43.9 Å². The maximum Gasteiger partial charge on any atom is 0.244 e. The van der Waals surface area contributed by atoms with E-state index in [4.69, 9.17) is 10.5 Å². The fourth-order valence-electron chi connectivity index (χ4n) is 2.65.